The molecule has 0 unspecified atom stereocenters. The third kappa shape index (κ3) is 3.48. The Kier molecular flexibility index (Phi) is 5.02. The van der Waals surface area contributed by atoms with Gasteiger partial charge in [-0.3, -0.25) is 9.59 Å². The second-order valence-electron chi connectivity index (χ2n) is 6.96. The van der Waals surface area contributed by atoms with Crippen LogP contribution in [0, 0.1) is 0 Å². The quantitative estimate of drug-likeness (QED) is 0.455. The summed E-state index contributed by atoms with van der Waals surface area (Å²) >= 11 is 2.96. The molecule has 0 atom stereocenters. The number of benzene rings is 1. The summed E-state index contributed by atoms with van der Waals surface area (Å²) < 4.78 is 0. The van der Waals surface area contributed by atoms with E-state index in [2.05, 4.69) is 14.9 Å². The Morgan fingerprint density at radius 2 is 1.70 bits per heavy atom. The number of ketones is 1. The van der Waals surface area contributed by atoms with Crippen LogP contribution in [0.4, 0.5) is 5.13 Å². The van der Waals surface area contributed by atoms with Gasteiger partial charge in [0.1, 0.15) is 10.3 Å². The summed E-state index contributed by atoms with van der Waals surface area (Å²) in [6.07, 6.45) is 1.77. The molecule has 0 radical (unpaired) electrons. The SMILES string of the molecule is O=C(c1cccs1)c1ccccc1C(=O)N1CCN(c2nc3cccnc3s2)CC1. The van der Waals surface area contributed by atoms with E-state index in [9.17, 15) is 9.59 Å². The molecule has 3 aromatic heterocycles. The molecule has 0 saturated carbocycles. The maximum absolute atomic E-state index is 13.2. The first-order valence-electron chi connectivity index (χ1n) is 9.64. The highest BCUT2D eigenvalue weighted by Crippen LogP contribution is 2.28. The van der Waals surface area contributed by atoms with Gasteiger partial charge < -0.3 is 9.80 Å². The minimum Gasteiger partial charge on any atom is -0.344 e. The van der Waals surface area contributed by atoms with Crippen molar-refractivity contribution in [3.63, 3.8) is 0 Å². The summed E-state index contributed by atoms with van der Waals surface area (Å²) in [6.45, 7) is 2.58. The van der Waals surface area contributed by atoms with Crippen molar-refractivity contribution in [2.24, 2.45) is 0 Å². The number of thiophene rings is 1. The van der Waals surface area contributed by atoms with Crippen LogP contribution in [0.3, 0.4) is 0 Å². The van der Waals surface area contributed by atoms with Gasteiger partial charge in [0.05, 0.1) is 10.4 Å². The van der Waals surface area contributed by atoms with E-state index >= 15 is 0 Å². The van der Waals surface area contributed by atoms with E-state index in [0.29, 0.717) is 42.2 Å². The van der Waals surface area contributed by atoms with Crippen LogP contribution in [0.1, 0.15) is 25.6 Å². The van der Waals surface area contributed by atoms with Gasteiger partial charge in [-0.25, -0.2) is 9.97 Å². The van der Waals surface area contributed by atoms with E-state index in [1.807, 2.05) is 34.5 Å². The Balaban J connectivity index is 1.32. The summed E-state index contributed by atoms with van der Waals surface area (Å²) in [5.41, 5.74) is 1.83. The van der Waals surface area contributed by atoms with Gasteiger partial charge in [0, 0.05) is 37.9 Å². The van der Waals surface area contributed by atoms with Gasteiger partial charge >= 0.3 is 0 Å². The molecule has 0 bridgehead atoms. The van der Waals surface area contributed by atoms with Gasteiger partial charge in [-0.15, -0.1) is 11.3 Å². The monoisotopic (exact) mass is 434 g/mol. The van der Waals surface area contributed by atoms with E-state index in [0.717, 1.165) is 15.5 Å². The topological polar surface area (TPSA) is 66.4 Å². The number of fused-ring (bicyclic) bond motifs is 1. The molecule has 0 aliphatic carbocycles. The summed E-state index contributed by atoms with van der Waals surface area (Å²) in [4.78, 5) is 40.7. The van der Waals surface area contributed by atoms with Crippen molar-refractivity contribution in [1.29, 1.82) is 0 Å². The predicted octanol–water partition coefficient (Wildman–Crippen LogP) is 3.95. The van der Waals surface area contributed by atoms with Crippen LogP contribution in [0.25, 0.3) is 10.3 Å². The molecule has 1 amide bonds. The highest BCUT2D eigenvalue weighted by Gasteiger charge is 2.27. The van der Waals surface area contributed by atoms with Crippen molar-refractivity contribution in [3.8, 4) is 0 Å². The van der Waals surface area contributed by atoms with Gasteiger partial charge in [0.25, 0.3) is 5.91 Å². The molecule has 4 aromatic rings. The molecule has 0 N–H and O–H groups in total. The summed E-state index contributed by atoms with van der Waals surface area (Å²) in [5, 5.41) is 2.80. The second kappa shape index (κ2) is 7.97. The molecular weight excluding hydrogens is 416 g/mol. The number of anilines is 1. The lowest BCUT2D eigenvalue weighted by atomic mass is 10.0. The average Bonchev–Trinajstić information content (AvgIpc) is 3.48. The molecule has 6 nitrogen and oxygen atoms in total. The lowest BCUT2D eigenvalue weighted by Gasteiger charge is -2.34. The smallest absolute Gasteiger partial charge is 0.254 e. The minimum atomic E-state index is -0.102. The fourth-order valence-electron chi connectivity index (χ4n) is 3.57. The highest BCUT2D eigenvalue weighted by atomic mass is 32.1. The van der Waals surface area contributed by atoms with E-state index in [1.54, 1.807) is 41.8 Å². The number of nitrogens with zero attached hydrogens (tertiary/aromatic N) is 4. The zero-order valence-electron chi connectivity index (χ0n) is 16.0. The molecular formula is C22H18N4O2S2. The number of aromatic nitrogens is 2. The fourth-order valence-corrected chi connectivity index (χ4v) is 5.21. The summed E-state index contributed by atoms with van der Waals surface area (Å²) in [5.74, 6) is -0.198. The van der Waals surface area contributed by atoms with E-state index in [-0.39, 0.29) is 11.7 Å². The van der Waals surface area contributed by atoms with E-state index in [4.69, 9.17) is 0 Å². The first-order chi connectivity index (χ1) is 14.7. The van der Waals surface area contributed by atoms with Crippen molar-refractivity contribution in [2.45, 2.75) is 0 Å². The number of hydrogen-bond acceptors (Lipinski definition) is 7. The molecule has 5 rings (SSSR count). The summed E-state index contributed by atoms with van der Waals surface area (Å²) in [7, 11) is 0. The Bertz CT molecular complexity index is 1180. The maximum atomic E-state index is 13.2. The molecule has 1 saturated heterocycles. The van der Waals surface area contributed by atoms with E-state index < -0.39 is 0 Å². The van der Waals surface area contributed by atoms with Crippen LogP contribution in [-0.2, 0) is 0 Å². The first-order valence-corrected chi connectivity index (χ1v) is 11.3. The Morgan fingerprint density at radius 1 is 0.900 bits per heavy atom. The predicted molar refractivity (Wildman–Crippen MR) is 120 cm³/mol. The minimum absolute atomic E-state index is 0.0962. The van der Waals surface area contributed by atoms with Crippen molar-refractivity contribution in [3.05, 3.63) is 76.1 Å². The third-order valence-electron chi connectivity index (χ3n) is 5.14. The highest BCUT2D eigenvalue weighted by molar-refractivity contribution is 7.21. The van der Waals surface area contributed by atoms with Crippen LogP contribution < -0.4 is 4.90 Å². The molecule has 0 spiro atoms. The van der Waals surface area contributed by atoms with Crippen molar-refractivity contribution < 1.29 is 9.59 Å². The zero-order chi connectivity index (χ0) is 20.5. The number of hydrogen-bond donors (Lipinski definition) is 0. The van der Waals surface area contributed by atoms with Gasteiger partial charge in [0.2, 0.25) is 5.78 Å². The van der Waals surface area contributed by atoms with Crippen LogP contribution in [0.5, 0.6) is 0 Å². The van der Waals surface area contributed by atoms with Crippen molar-refractivity contribution in [1.82, 2.24) is 14.9 Å². The summed E-state index contributed by atoms with van der Waals surface area (Å²) in [6, 6.07) is 14.6. The molecule has 8 heteroatoms. The number of carbonyl (C=O) groups excluding carboxylic acids is 2. The second-order valence-corrected chi connectivity index (χ2v) is 8.86. The van der Waals surface area contributed by atoms with Crippen molar-refractivity contribution >= 4 is 49.8 Å². The lowest BCUT2D eigenvalue weighted by molar-refractivity contribution is 0.0742. The Hall–Kier alpha value is -3.10. The van der Waals surface area contributed by atoms with Crippen LogP contribution in [0.2, 0.25) is 0 Å². The largest absolute Gasteiger partial charge is 0.344 e. The molecule has 150 valence electrons. The van der Waals surface area contributed by atoms with Crippen LogP contribution in [-0.4, -0.2) is 52.7 Å². The number of amides is 1. The molecule has 1 fully saturated rings. The Labute approximate surface area is 181 Å². The standard InChI is InChI=1S/C22H18N4O2S2/c27-19(18-8-4-14-29-18)15-5-1-2-6-16(15)21(28)25-10-12-26(13-11-25)22-24-17-7-3-9-23-20(17)30-22/h1-9,14H,10-13H2. The zero-order valence-corrected chi connectivity index (χ0v) is 17.7. The molecule has 1 aliphatic heterocycles. The molecule has 4 heterocycles. The number of pyridine rings is 1. The number of piperazine rings is 1. The average molecular weight is 435 g/mol. The van der Waals surface area contributed by atoms with Crippen molar-refractivity contribution in [2.75, 3.05) is 31.1 Å². The van der Waals surface area contributed by atoms with Crippen LogP contribution >= 0.6 is 22.7 Å². The number of carbonyl (C=O) groups is 2. The van der Waals surface area contributed by atoms with Gasteiger partial charge in [-0.05, 0) is 29.6 Å². The van der Waals surface area contributed by atoms with Gasteiger partial charge in [0.15, 0.2) is 5.13 Å². The molecule has 1 aliphatic rings. The van der Waals surface area contributed by atoms with Crippen LogP contribution in [0.15, 0.2) is 60.1 Å². The lowest BCUT2D eigenvalue weighted by Crippen LogP contribution is -2.49. The first kappa shape index (κ1) is 18.9. The van der Waals surface area contributed by atoms with Gasteiger partial charge in [-0.1, -0.05) is 35.6 Å². The van der Waals surface area contributed by atoms with E-state index in [1.165, 1.54) is 11.3 Å². The fraction of sp³-hybridized carbons (Fsp3) is 0.182. The maximum Gasteiger partial charge on any atom is 0.254 e. The molecule has 1 aromatic carbocycles. The molecule has 30 heavy (non-hydrogen) atoms. The third-order valence-corrected chi connectivity index (χ3v) is 7.05. The van der Waals surface area contributed by atoms with Gasteiger partial charge in [-0.2, -0.15) is 0 Å². The normalized spacial score (nSPS) is 14.3. The number of thiazole rings is 1. The number of rotatable bonds is 4. The Morgan fingerprint density at radius 3 is 2.43 bits per heavy atom.